The molecule has 0 bridgehead atoms. The van der Waals surface area contributed by atoms with Crippen LogP contribution in [0.25, 0.3) is 0 Å². The molecule has 30 heavy (non-hydrogen) atoms. The Kier molecular flexibility index (Phi) is 9.47. The number of benzene rings is 1. The van der Waals surface area contributed by atoms with E-state index in [0.29, 0.717) is 49.6 Å². The largest absolute Gasteiger partial charge is 0.379 e. The lowest BCUT2D eigenvalue weighted by Crippen LogP contribution is -2.40. The smallest absolute Gasteiger partial charge is 0.252 e. The Morgan fingerprint density at radius 2 is 1.90 bits per heavy atom. The van der Waals surface area contributed by atoms with Crippen molar-refractivity contribution < 1.29 is 17.5 Å². The number of morpholine rings is 1. The van der Waals surface area contributed by atoms with E-state index >= 15 is 0 Å². The number of aliphatic imine (C=N–C) groups is 1. The predicted molar refractivity (Wildman–Crippen MR) is 127 cm³/mol. The van der Waals surface area contributed by atoms with Gasteiger partial charge >= 0.3 is 0 Å². The summed E-state index contributed by atoms with van der Waals surface area (Å²) in [6, 6.07) is 9.81. The standard InChI is InChI=1S/C19H25FN4O3S2.HI/c1-21-19(23(2)14-15-3-5-16(20)6-4-15)22-13-17-7-8-18(28-17)29(25,26)24-9-11-27-12-10-24;/h3-8H,9-14H2,1-2H3,(H,21,22);1H. The molecule has 2 heterocycles. The van der Waals surface area contributed by atoms with Gasteiger partial charge in [-0.05, 0) is 29.8 Å². The lowest BCUT2D eigenvalue weighted by atomic mass is 10.2. The van der Waals surface area contributed by atoms with Crippen molar-refractivity contribution in [3.05, 3.63) is 52.7 Å². The molecule has 1 fully saturated rings. The van der Waals surface area contributed by atoms with Gasteiger partial charge in [-0.3, -0.25) is 4.99 Å². The molecule has 0 unspecified atom stereocenters. The predicted octanol–water partition coefficient (Wildman–Crippen LogP) is 2.73. The van der Waals surface area contributed by atoms with Crippen LogP contribution in [-0.2, 0) is 27.8 Å². The Balaban J connectivity index is 0.00000320. The zero-order chi connectivity index (χ0) is 20.9. The molecule has 11 heteroatoms. The van der Waals surface area contributed by atoms with Gasteiger partial charge in [0, 0.05) is 38.6 Å². The number of nitrogens with one attached hydrogen (secondary N) is 1. The van der Waals surface area contributed by atoms with E-state index in [1.165, 1.54) is 27.8 Å². The summed E-state index contributed by atoms with van der Waals surface area (Å²) in [4.78, 5) is 7.09. The van der Waals surface area contributed by atoms with Gasteiger partial charge in [0.25, 0.3) is 10.0 Å². The highest BCUT2D eigenvalue weighted by Gasteiger charge is 2.27. The summed E-state index contributed by atoms with van der Waals surface area (Å²) < 4.78 is 45.6. The highest BCUT2D eigenvalue weighted by molar-refractivity contribution is 14.0. The van der Waals surface area contributed by atoms with Crippen molar-refractivity contribution >= 4 is 51.3 Å². The highest BCUT2D eigenvalue weighted by atomic mass is 127. The van der Waals surface area contributed by atoms with Crippen molar-refractivity contribution in [1.29, 1.82) is 0 Å². The third kappa shape index (κ3) is 6.36. The molecular weight excluding hydrogens is 542 g/mol. The van der Waals surface area contributed by atoms with Crippen LogP contribution in [0, 0.1) is 5.82 Å². The van der Waals surface area contributed by atoms with Gasteiger partial charge in [-0.2, -0.15) is 4.31 Å². The van der Waals surface area contributed by atoms with Gasteiger partial charge in [-0.25, -0.2) is 12.8 Å². The molecule has 0 amide bonds. The normalized spacial score (nSPS) is 15.5. The van der Waals surface area contributed by atoms with Gasteiger partial charge in [0.05, 0.1) is 19.8 Å². The minimum Gasteiger partial charge on any atom is -0.379 e. The molecular formula is C19H26FIN4O3S2. The summed E-state index contributed by atoms with van der Waals surface area (Å²) in [6.45, 7) is 2.65. The average Bonchev–Trinajstić information content (AvgIpc) is 3.21. The second kappa shape index (κ2) is 11.4. The van der Waals surface area contributed by atoms with E-state index in [9.17, 15) is 12.8 Å². The summed E-state index contributed by atoms with van der Waals surface area (Å²) in [6.07, 6.45) is 0. The third-order valence-electron chi connectivity index (χ3n) is 4.53. The highest BCUT2D eigenvalue weighted by Crippen LogP contribution is 2.25. The maximum Gasteiger partial charge on any atom is 0.252 e. The molecule has 0 aliphatic carbocycles. The van der Waals surface area contributed by atoms with Crippen molar-refractivity contribution in [1.82, 2.24) is 14.5 Å². The molecule has 0 radical (unpaired) electrons. The Bertz CT molecular complexity index is 945. The number of halogens is 2. The number of hydrogen-bond acceptors (Lipinski definition) is 5. The lowest BCUT2D eigenvalue weighted by molar-refractivity contribution is 0.0731. The van der Waals surface area contributed by atoms with Crippen molar-refractivity contribution in [3.8, 4) is 0 Å². The van der Waals surface area contributed by atoms with Gasteiger partial charge in [-0.15, -0.1) is 35.3 Å². The van der Waals surface area contributed by atoms with Crippen LogP contribution in [0.15, 0.2) is 45.6 Å². The van der Waals surface area contributed by atoms with Crippen molar-refractivity contribution in [3.63, 3.8) is 0 Å². The van der Waals surface area contributed by atoms with E-state index in [1.54, 1.807) is 25.2 Å². The van der Waals surface area contributed by atoms with E-state index in [0.717, 1.165) is 10.4 Å². The minimum atomic E-state index is -3.47. The monoisotopic (exact) mass is 568 g/mol. The number of ether oxygens (including phenoxy) is 1. The Morgan fingerprint density at radius 1 is 1.23 bits per heavy atom. The topological polar surface area (TPSA) is 74.2 Å². The van der Waals surface area contributed by atoms with Gasteiger partial charge in [0.15, 0.2) is 5.96 Å². The molecule has 0 atom stereocenters. The minimum absolute atomic E-state index is 0. The molecule has 0 spiro atoms. The first-order chi connectivity index (χ1) is 13.9. The molecule has 2 aromatic rings. The van der Waals surface area contributed by atoms with Gasteiger partial charge < -0.3 is 15.0 Å². The Labute approximate surface area is 198 Å². The average molecular weight is 568 g/mol. The van der Waals surface area contributed by atoms with E-state index in [1.807, 2.05) is 18.0 Å². The lowest BCUT2D eigenvalue weighted by Gasteiger charge is -2.25. The van der Waals surface area contributed by atoms with Gasteiger partial charge in [-0.1, -0.05) is 12.1 Å². The molecule has 1 aromatic heterocycles. The van der Waals surface area contributed by atoms with E-state index < -0.39 is 10.0 Å². The number of hydrogen-bond donors (Lipinski definition) is 1. The summed E-state index contributed by atoms with van der Waals surface area (Å²) in [7, 11) is 0.104. The summed E-state index contributed by atoms with van der Waals surface area (Å²) in [5.41, 5.74) is 0.965. The number of nitrogens with zero attached hydrogens (tertiary/aromatic N) is 3. The van der Waals surface area contributed by atoms with Crippen LogP contribution in [0.5, 0.6) is 0 Å². The fourth-order valence-corrected chi connectivity index (χ4v) is 5.85. The van der Waals surface area contributed by atoms with E-state index in [-0.39, 0.29) is 29.8 Å². The molecule has 1 aliphatic heterocycles. The first kappa shape index (κ1) is 25.0. The fourth-order valence-electron chi connectivity index (χ4n) is 3.00. The van der Waals surface area contributed by atoms with Gasteiger partial charge in [0.1, 0.15) is 10.0 Å². The fraction of sp³-hybridized carbons (Fsp3) is 0.421. The number of sulfonamides is 1. The number of thiophene rings is 1. The molecule has 1 aromatic carbocycles. The zero-order valence-corrected chi connectivity index (χ0v) is 20.8. The van der Waals surface area contributed by atoms with E-state index in [4.69, 9.17) is 4.74 Å². The van der Waals surface area contributed by atoms with Crippen LogP contribution in [0.2, 0.25) is 0 Å². The SMILES string of the molecule is CN=C(NCc1ccc(S(=O)(=O)N2CCOCC2)s1)N(C)Cc1ccc(F)cc1.I. The molecule has 1 N–H and O–H groups in total. The van der Waals surface area contributed by atoms with Crippen LogP contribution >= 0.6 is 35.3 Å². The molecule has 0 saturated carbocycles. The first-order valence-electron chi connectivity index (χ1n) is 9.23. The van der Waals surface area contributed by atoms with Crippen LogP contribution in [0.1, 0.15) is 10.4 Å². The van der Waals surface area contributed by atoms with Crippen LogP contribution in [-0.4, -0.2) is 64.0 Å². The van der Waals surface area contributed by atoms with Crippen LogP contribution in [0.3, 0.4) is 0 Å². The summed E-state index contributed by atoms with van der Waals surface area (Å²) in [5.74, 6) is 0.403. The van der Waals surface area contributed by atoms with Crippen LogP contribution in [0.4, 0.5) is 4.39 Å². The van der Waals surface area contributed by atoms with Crippen molar-refractivity contribution in [2.45, 2.75) is 17.3 Å². The molecule has 1 aliphatic rings. The maximum absolute atomic E-state index is 13.1. The molecule has 1 saturated heterocycles. The number of rotatable bonds is 6. The summed E-state index contributed by atoms with van der Waals surface area (Å²) in [5, 5.41) is 3.25. The van der Waals surface area contributed by atoms with Gasteiger partial charge in [0.2, 0.25) is 0 Å². The first-order valence-corrected chi connectivity index (χ1v) is 11.5. The van der Waals surface area contributed by atoms with Crippen LogP contribution < -0.4 is 5.32 Å². The third-order valence-corrected chi connectivity index (χ3v) is 7.98. The maximum atomic E-state index is 13.1. The second-order valence-corrected chi connectivity index (χ2v) is 9.95. The second-order valence-electron chi connectivity index (χ2n) is 6.62. The quantitative estimate of drug-likeness (QED) is 0.330. The van der Waals surface area contributed by atoms with Crippen molar-refractivity contribution in [2.75, 3.05) is 40.4 Å². The molecule has 3 rings (SSSR count). The Hall–Kier alpha value is -1.28. The molecule has 7 nitrogen and oxygen atoms in total. The number of guanidine groups is 1. The zero-order valence-electron chi connectivity index (χ0n) is 16.9. The Morgan fingerprint density at radius 3 is 2.53 bits per heavy atom. The molecule has 166 valence electrons. The van der Waals surface area contributed by atoms with Crippen molar-refractivity contribution in [2.24, 2.45) is 4.99 Å². The summed E-state index contributed by atoms with van der Waals surface area (Å²) >= 11 is 1.26. The van der Waals surface area contributed by atoms with E-state index in [2.05, 4.69) is 10.3 Å².